The summed E-state index contributed by atoms with van der Waals surface area (Å²) in [6, 6.07) is 10.6. The van der Waals surface area contributed by atoms with Crippen molar-refractivity contribution < 1.29 is 14.0 Å². The Labute approximate surface area is 127 Å². The fourth-order valence-electron chi connectivity index (χ4n) is 2.17. The molecule has 0 unspecified atom stereocenters. The second-order valence-electron chi connectivity index (χ2n) is 4.77. The van der Waals surface area contributed by atoms with Gasteiger partial charge in [0.15, 0.2) is 0 Å². The van der Waals surface area contributed by atoms with Crippen LogP contribution in [-0.4, -0.2) is 25.0 Å². The molecule has 1 aliphatic rings. The molecular formula is C16H15N3O3. The number of urea groups is 1. The molecule has 0 bridgehead atoms. The van der Waals surface area contributed by atoms with Gasteiger partial charge in [-0.3, -0.25) is 9.69 Å². The smallest absolute Gasteiger partial charge is 0.321 e. The molecule has 2 heterocycles. The monoisotopic (exact) mass is 297 g/mol. The van der Waals surface area contributed by atoms with Gasteiger partial charge >= 0.3 is 6.03 Å². The van der Waals surface area contributed by atoms with Crippen molar-refractivity contribution in [1.29, 1.82) is 0 Å². The van der Waals surface area contributed by atoms with Crippen molar-refractivity contribution in [3.8, 4) is 0 Å². The van der Waals surface area contributed by atoms with Gasteiger partial charge in [0.25, 0.3) is 0 Å². The van der Waals surface area contributed by atoms with E-state index >= 15 is 0 Å². The predicted molar refractivity (Wildman–Crippen MR) is 83.6 cm³/mol. The van der Waals surface area contributed by atoms with E-state index in [1.807, 2.05) is 0 Å². The van der Waals surface area contributed by atoms with Crippen molar-refractivity contribution in [2.75, 3.05) is 23.3 Å². The van der Waals surface area contributed by atoms with Crippen molar-refractivity contribution in [2.24, 2.45) is 0 Å². The maximum absolute atomic E-state index is 11.8. The highest BCUT2D eigenvalue weighted by Gasteiger charge is 2.20. The van der Waals surface area contributed by atoms with Crippen molar-refractivity contribution >= 4 is 29.4 Å². The zero-order chi connectivity index (χ0) is 15.4. The highest BCUT2D eigenvalue weighted by atomic mass is 16.3. The lowest BCUT2D eigenvalue weighted by Crippen LogP contribution is -2.27. The summed E-state index contributed by atoms with van der Waals surface area (Å²) in [6.45, 7) is 1.30. The van der Waals surface area contributed by atoms with Crippen LogP contribution in [0.2, 0.25) is 0 Å². The summed E-state index contributed by atoms with van der Waals surface area (Å²) in [5.74, 6) is 0.369. The first-order valence-corrected chi connectivity index (χ1v) is 6.90. The lowest BCUT2D eigenvalue weighted by Gasteiger charge is -2.14. The van der Waals surface area contributed by atoms with Crippen LogP contribution in [0.3, 0.4) is 0 Å². The lowest BCUT2D eigenvalue weighted by molar-refractivity contribution is -0.111. The Morgan fingerprint density at radius 2 is 2.09 bits per heavy atom. The molecule has 6 nitrogen and oxygen atoms in total. The number of nitrogens with zero attached hydrogens (tertiary/aromatic N) is 1. The van der Waals surface area contributed by atoms with Crippen LogP contribution < -0.4 is 15.5 Å². The van der Waals surface area contributed by atoms with E-state index in [-0.39, 0.29) is 11.9 Å². The number of amides is 3. The molecule has 112 valence electrons. The van der Waals surface area contributed by atoms with Crippen LogP contribution in [-0.2, 0) is 4.79 Å². The maximum atomic E-state index is 11.8. The van der Waals surface area contributed by atoms with Gasteiger partial charge in [-0.1, -0.05) is 0 Å². The number of anilines is 2. The quantitative estimate of drug-likeness (QED) is 0.851. The summed E-state index contributed by atoms with van der Waals surface area (Å²) in [4.78, 5) is 25.0. The number of furan rings is 1. The number of nitrogens with one attached hydrogen (secondary N) is 2. The third-order valence-electron chi connectivity index (χ3n) is 3.25. The number of benzene rings is 1. The molecule has 6 heteroatoms. The zero-order valence-electron chi connectivity index (χ0n) is 11.8. The van der Waals surface area contributed by atoms with Gasteiger partial charge in [-0.2, -0.15) is 0 Å². The highest BCUT2D eigenvalue weighted by molar-refractivity contribution is 6.02. The Bertz CT molecular complexity index is 690. The topological polar surface area (TPSA) is 74.6 Å². The molecule has 1 aromatic heterocycles. The van der Waals surface area contributed by atoms with Crippen LogP contribution in [0.5, 0.6) is 0 Å². The molecule has 0 spiro atoms. The molecule has 1 saturated heterocycles. The van der Waals surface area contributed by atoms with E-state index in [2.05, 4.69) is 10.6 Å². The number of carbonyl (C=O) groups is 2. The van der Waals surface area contributed by atoms with Gasteiger partial charge in [-0.05, 0) is 42.5 Å². The molecule has 2 aromatic rings. The van der Waals surface area contributed by atoms with Crippen molar-refractivity contribution in [3.05, 3.63) is 54.5 Å². The number of hydrogen-bond donors (Lipinski definition) is 2. The van der Waals surface area contributed by atoms with Crippen LogP contribution >= 0.6 is 0 Å². The Morgan fingerprint density at radius 3 is 2.73 bits per heavy atom. The van der Waals surface area contributed by atoms with E-state index in [1.54, 1.807) is 53.6 Å². The number of hydrogen-bond acceptors (Lipinski definition) is 3. The van der Waals surface area contributed by atoms with E-state index in [1.165, 1.54) is 6.08 Å². The molecular weight excluding hydrogens is 282 g/mol. The van der Waals surface area contributed by atoms with Gasteiger partial charge in [0.05, 0.1) is 6.26 Å². The van der Waals surface area contributed by atoms with Gasteiger partial charge in [-0.25, -0.2) is 4.79 Å². The number of rotatable bonds is 4. The predicted octanol–water partition coefficient (Wildman–Crippen LogP) is 2.46. The van der Waals surface area contributed by atoms with E-state index in [4.69, 9.17) is 4.42 Å². The second kappa shape index (κ2) is 6.17. The van der Waals surface area contributed by atoms with E-state index in [9.17, 15) is 9.59 Å². The van der Waals surface area contributed by atoms with Crippen molar-refractivity contribution in [2.45, 2.75) is 0 Å². The largest absolute Gasteiger partial charge is 0.465 e. The molecule has 3 rings (SSSR count). The van der Waals surface area contributed by atoms with Gasteiger partial charge in [0, 0.05) is 30.5 Å². The minimum Gasteiger partial charge on any atom is -0.465 e. The third-order valence-corrected chi connectivity index (χ3v) is 3.25. The molecule has 0 aliphatic carbocycles. The molecule has 22 heavy (non-hydrogen) atoms. The SMILES string of the molecule is O=C(/C=C/c1ccco1)Nc1ccc(N2CCNC2=O)cc1. The molecule has 3 amide bonds. The summed E-state index contributed by atoms with van der Waals surface area (Å²) in [5, 5.41) is 5.49. The van der Waals surface area contributed by atoms with E-state index in [0.717, 1.165) is 5.69 Å². The standard InChI is InChI=1S/C16H15N3O3/c20-15(8-7-14-2-1-11-22-14)18-12-3-5-13(6-4-12)19-10-9-17-16(19)21/h1-8,11H,9-10H2,(H,17,21)(H,18,20)/b8-7+. The van der Waals surface area contributed by atoms with Crippen LogP contribution in [0.1, 0.15) is 5.76 Å². The second-order valence-corrected chi connectivity index (χ2v) is 4.77. The molecule has 2 N–H and O–H groups in total. The van der Waals surface area contributed by atoms with Crippen LogP contribution in [0, 0.1) is 0 Å². The summed E-state index contributed by atoms with van der Waals surface area (Å²) in [5.41, 5.74) is 1.47. The van der Waals surface area contributed by atoms with Crippen LogP contribution in [0.4, 0.5) is 16.2 Å². The summed E-state index contributed by atoms with van der Waals surface area (Å²) >= 11 is 0. The van der Waals surface area contributed by atoms with Gasteiger partial charge in [0.1, 0.15) is 5.76 Å². The minimum absolute atomic E-state index is 0.0989. The fraction of sp³-hybridized carbons (Fsp3) is 0.125. The fourth-order valence-corrected chi connectivity index (χ4v) is 2.17. The Morgan fingerprint density at radius 1 is 1.27 bits per heavy atom. The van der Waals surface area contributed by atoms with Crippen molar-refractivity contribution in [1.82, 2.24) is 5.32 Å². The number of carbonyl (C=O) groups excluding carboxylic acids is 2. The Kier molecular flexibility index (Phi) is 3.91. The normalized spacial score (nSPS) is 14.4. The average molecular weight is 297 g/mol. The molecule has 1 aromatic carbocycles. The molecule has 1 aliphatic heterocycles. The maximum Gasteiger partial charge on any atom is 0.321 e. The van der Waals surface area contributed by atoms with Gasteiger partial charge in [-0.15, -0.1) is 0 Å². The van der Waals surface area contributed by atoms with Crippen molar-refractivity contribution in [3.63, 3.8) is 0 Å². The molecule has 0 atom stereocenters. The van der Waals surface area contributed by atoms with Gasteiger partial charge in [0.2, 0.25) is 5.91 Å². The summed E-state index contributed by atoms with van der Waals surface area (Å²) in [7, 11) is 0. The summed E-state index contributed by atoms with van der Waals surface area (Å²) in [6.07, 6.45) is 4.55. The van der Waals surface area contributed by atoms with E-state index < -0.39 is 0 Å². The first-order valence-electron chi connectivity index (χ1n) is 6.90. The molecule has 0 saturated carbocycles. The van der Waals surface area contributed by atoms with Crippen LogP contribution in [0.15, 0.2) is 53.2 Å². The summed E-state index contributed by atoms with van der Waals surface area (Å²) < 4.78 is 5.11. The Balaban J connectivity index is 1.61. The van der Waals surface area contributed by atoms with Crippen LogP contribution in [0.25, 0.3) is 6.08 Å². The lowest BCUT2D eigenvalue weighted by atomic mass is 10.2. The Hall–Kier alpha value is -3.02. The average Bonchev–Trinajstić information content (AvgIpc) is 3.17. The molecule has 1 fully saturated rings. The van der Waals surface area contributed by atoms with Gasteiger partial charge < -0.3 is 15.1 Å². The minimum atomic E-state index is -0.247. The first kappa shape index (κ1) is 13.9. The first-order chi connectivity index (χ1) is 10.7. The highest BCUT2D eigenvalue weighted by Crippen LogP contribution is 2.19. The van der Waals surface area contributed by atoms with E-state index in [0.29, 0.717) is 24.5 Å². The third kappa shape index (κ3) is 3.17. The molecule has 0 radical (unpaired) electrons. The zero-order valence-corrected chi connectivity index (χ0v) is 11.8.